The molecule has 2 rings (SSSR count). The number of anilines is 1. The van der Waals surface area contributed by atoms with Gasteiger partial charge in [-0.25, -0.2) is 5.43 Å². The van der Waals surface area contributed by atoms with Crippen LogP contribution in [-0.4, -0.2) is 10.0 Å². The Morgan fingerprint density at radius 1 is 1.25 bits per heavy atom. The van der Waals surface area contributed by atoms with Gasteiger partial charge in [0.1, 0.15) is 5.75 Å². The molecule has 2 aromatic rings. The van der Waals surface area contributed by atoms with Crippen molar-refractivity contribution in [2.24, 2.45) is 0 Å². The summed E-state index contributed by atoms with van der Waals surface area (Å²) >= 11 is 1.87. The van der Waals surface area contributed by atoms with Gasteiger partial charge in [-0.3, -0.25) is 10.1 Å². The summed E-state index contributed by atoms with van der Waals surface area (Å²) in [6, 6.07) is 12.1. The monoisotopic (exact) mass is 385 g/mol. The second-order valence-corrected chi connectivity index (χ2v) is 5.20. The lowest BCUT2D eigenvalue weighted by Crippen LogP contribution is -2.21. The van der Waals surface area contributed by atoms with E-state index in [-0.39, 0.29) is 18.0 Å². The molecule has 0 aliphatic rings. The lowest BCUT2D eigenvalue weighted by atomic mass is 10.2. The van der Waals surface area contributed by atoms with Crippen LogP contribution in [0.3, 0.4) is 0 Å². The van der Waals surface area contributed by atoms with Gasteiger partial charge in [-0.15, -0.1) is 0 Å². The van der Waals surface area contributed by atoms with Crippen LogP contribution in [0, 0.1) is 13.7 Å². The molecule has 3 N–H and O–H groups in total. The summed E-state index contributed by atoms with van der Waals surface area (Å²) in [5, 5.41) is 20.7. The number of hydrazine groups is 1. The number of para-hydroxylation sites is 1. The summed E-state index contributed by atoms with van der Waals surface area (Å²) in [5.41, 5.74) is 7.17. The number of rotatable bonds is 5. The molecule has 0 saturated heterocycles. The number of nitrogens with zero attached hydrogens (tertiary/aromatic N) is 1. The first-order chi connectivity index (χ1) is 9.58. The van der Waals surface area contributed by atoms with Gasteiger partial charge < -0.3 is 10.5 Å². The van der Waals surface area contributed by atoms with Gasteiger partial charge in [0.15, 0.2) is 0 Å². The average molecular weight is 385 g/mol. The van der Waals surface area contributed by atoms with E-state index in [1.54, 1.807) is 0 Å². The van der Waals surface area contributed by atoms with Gasteiger partial charge in [-0.1, -0.05) is 18.2 Å². The minimum Gasteiger partial charge on any atom is -0.506 e. The summed E-state index contributed by atoms with van der Waals surface area (Å²) < 4.78 is 0.452. The number of nitro benzene ring substituents is 1. The van der Waals surface area contributed by atoms with Gasteiger partial charge in [0.2, 0.25) is 0 Å². The first-order valence-corrected chi connectivity index (χ1v) is 6.85. The van der Waals surface area contributed by atoms with Crippen LogP contribution >= 0.6 is 22.6 Å². The van der Waals surface area contributed by atoms with Crippen LogP contribution in [0.2, 0.25) is 0 Å². The van der Waals surface area contributed by atoms with Crippen LogP contribution in [-0.2, 0) is 6.54 Å². The van der Waals surface area contributed by atoms with Crippen LogP contribution < -0.4 is 10.9 Å². The molecule has 6 nitrogen and oxygen atoms in total. The van der Waals surface area contributed by atoms with Gasteiger partial charge in [0.25, 0.3) is 5.69 Å². The molecule has 0 atom stereocenters. The number of phenols is 1. The third-order valence-corrected chi connectivity index (χ3v) is 3.45. The SMILES string of the molecule is O=[N+]([O-])c1cc(I)c(O)c(CNNc2ccccc2)c1. The number of phenolic OH excluding ortho intramolecular Hbond substituents is 1. The smallest absolute Gasteiger partial charge is 0.271 e. The normalized spacial score (nSPS) is 10.2. The molecule has 0 unspecified atom stereocenters. The van der Waals surface area contributed by atoms with E-state index in [2.05, 4.69) is 10.9 Å². The number of benzene rings is 2. The van der Waals surface area contributed by atoms with Crippen molar-refractivity contribution in [3.05, 3.63) is 61.7 Å². The van der Waals surface area contributed by atoms with Crippen molar-refractivity contribution in [3.8, 4) is 5.75 Å². The van der Waals surface area contributed by atoms with Crippen molar-refractivity contribution >= 4 is 34.0 Å². The van der Waals surface area contributed by atoms with E-state index in [9.17, 15) is 15.2 Å². The number of aromatic hydroxyl groups is 1. The third kappa shape index (κ3) is 3.58. The lowest BCUT2D eigenvalue weighted by molar-refractivity contribution is -0.385. The molecule has 0 aliphatic carbocycles. The van der Waals surface area contributed by atoms with Crippen molar-refractivity contribution in [1.29, 1.82) is 0 Å². The molecule has 0 spiro atoms. The predicted molar refractivity (Wildman–Crippen MR) is 84.4 cm³/mol. The van der Waals surface area contributed by atoms with Crippen LogP contribution in [0.4, 0.5) is 11.4 Å². The molecule has 2 aromatic carbocycles. The lowest BCUT2D eigenvalue weighted by Gasteiger charge is -2.10. The quantitative estimate of drug-likeness (QED) is 0.419. The van der Waals surface area contributed by atoms with Crippen LogP contribution in [0.15, 0.2) is 42.5 Å². The Labute approximate surface area is 129 Å². The van der Waals surface area contributed by atoms with Gasteiger partial charge in [-0.05, 0) is 34.7 Å². The molecule has 0 bridgehead atoms. The van der Waals surface area contributed by atoms with Crippen LogP contribution in [0.1, 0.15) is 5.56 Å². The molecule has 20 heavy (non-hydrogen) atoms. The minimum absolute atomic E-state index is 0.0382. The Bertz CT molecular complexity index is 620. The Hall–Kier alpha value is -1.87. The number of hydrogen-bond donors (Lipinski definition) is 3. The molecule has 7 heteroatoms. The zero-order valence-electron chi connectivity index (χ0n) is 10.3. The van der Waals surface area contributed by atoms with E-state index in [1.807, 2.05) is 52.9 Å². The van der Waals surface area contributed by atoms with Crippen molar-refractivity contribution < 1.29 is 10.0 Å². The molecule has 0 radical (unpaired) electrons. The maximum absolute atomic E-state index is 10.8. The Morgan fingerprint density at radius 3 is 2.60 bits per heavy atom. The number of non-ortho nitro benzene ring substituents is 1. The fourth-order valence-electron chi connectivity index (χ4n) is 1.64. The first-order valence-electron chi connectivity index (χ1n) is 5.77. The zero-order chi connectivity index (χ0) is 14.5. The van der Waals surface area contributed by atoms with Gasteiger partial charge >= 0.3 is 0 Å². The maximum atomic E-state index is 10.8. The summed E-state index contributed by atoms with van der Waals surface area (Å²) in [7, 11) is 0. The maximum Gasteiger partial charge on any atom is 0.271 e. The summed E-state index contributed by atoms with van der Waals surface area (Å²) in [6.07, 6.45) is 0. The fraction of sp³-hybridized carbons (Fsp3) is 0.0769. The highest BCUT2D eigenvalue weighted by Gasteiger charge is 2.14. The summed E-state index contributed by atoms with van der Waals surface area (Å²) in [5.74, 6) is 0.0542. The van der Waals surface area contributed by atoms with Crippen molar-refractivity contribution in [2.75, 3.05) is 5.43 Å². The highest BCUT2D eigenvalue weighted by Crippen LogP contribution is 2.29. The molecular weight excluding hydrogens is 373 g/mol. The largest absolute Gasteiger partial charge is 0.506 e. The number of nitrogens with one attached hydrogen (secondary N) is 2. The third-order valence-electron chi connectivity index (χ3n) is 2.62. The topological polar surface area (TPSA) is 87.4 Å². The minimum atomic E-state index is -0.476. The molecule has 0 heterocycles. The van der Waals surface area contributed by atoms with E-state index in [0.29, 0.717) is 9.13 Å². The van der Waals surface area contributed by atoms with Crippen LogP contribution in [0.5, 0.6) is 5.75 Å². The Morgan fingerprint density at radius 2 is 1.95 bits per heavy atom. The molecule has 104 valence electrons. The summed E-state index contributed by atoms with van der Waals surface area (Å²) in [6.45, 7) is 0.262. The van der Waals surface area contributed by atoms with Crippen LogP contribution in [0.25, 0.3) is 0 Å². The zero-order valence-corrected chi connectivity index (χ0v) is 12.5. The highest BCUT2D eigenvalue weighted by molar-refractivity contribution is 14.1. The summed E-state index contributed by atoms with van der Waals surface area (Å²) in [4.78, 5) is 10.3. The van der Waals surface area contributed by atoms with E-state index in [4.69, 9.17) is 0 Å². The fourth-order valence-corrected chi connectivity index (χ4v) is 2.31. The highest BCUT2D eigenvalue weighted by atomic mass is 127. The standard InChI is InChI=1S/C13H12IN3O3/c14-12-7-11(17(19)20)6-9(13(12)18)8-15-16-10-4-2-1-3-5-10/h1-7,15-16,18H,8H2. The number of halogens is 1. The Kier molecular flexibility index (Phi) is 4.74. The molecule has 0 amide bonds. The van der Waals surface area contributed by atoms with E-state index >= 15 is 0 Å². The molecule has 0 aromatic heterocycles. The molecule has 0 saturated carbocycles. The Balaban J connectivity index is 2.07. The van der Waals surface area contributed by atoms with Crippen molar-refractivity contribution in [3.63, 3.8) is 0 Å². The van der Waals surface area contributed by atoms with Crippen molar-refractivity contribution in [1.82, 2.24) is 5.43 Å². The number of hydrogen-bond acceptors (Lipinski definition) is 5. The van der Waals surface area contributed by atoms with E-state index < -0.39 is 4.92 Å². The van der Waals surface area contributed by atoms with Gasteiger partial charge in [0, 0.05) is 29.9 Å². The van der Waals surface area contributed by atoms with Crippen molar-refractivity contribution in [2.45, 2.75) is 6.54 Å². The first kappa shape index (κ1) is 14.5. The average Bonchev–Trinajstić information content (AvgIpc) is 2.44. The van der Waals surface area contributed by atoms with E-state index in [1.165, 1.54) is 12.1 Å². The van der Waals surface area contributed by atoms with Gasteiger partial charge in [0.05, 0.1) is 8.49 Å². The molecule has 0 aliphatic heterocycles. The second kappa shape index (κ2) is 6.53. The van der Waals surface area contributed by atoms with Gasteiger partial charge in [-0.2, -0.15) is 0 Å². The second-order valence-electron chi connectivity index (χ2n) is 4.04. The number of nitro groups is 1. The molecule has 0 fully saturated rings. The molecular formula is C13H12IN3O3. The van der Waals surface area contributed by atoms with E-state index in [0.717, 1.165) is 5.69 Å². The predicted octanol–water partition coefficient (Wildman–Crippen LogP) is 3.02.